The lowest BCUT2D eigenvalue weighted by Crippen LogP contribution is -2.38. The Balaban J connectivity index is 1.58. The number of hydrogen-bond donors (Lipinski definition) is 0. The molecule has 3 rings (SSSR count). The van der Waals surface area contributed by atoms with Crippen LogP contribution in [0.5, 0.6) is 5.75 Å². The number of ether oxygens (including phenoxy) is 1. The van der Waals surface area contributed by atoms with E-state index in [1.165, 1.54) is 6.42 Å². The minimum Gasteiger partial charge on any atom is -0.493 e. The lowest BCUT2D eigenvalue weighted by atomic mass is 9.99. The molecule has 1 aliphatic rings. The second-order valence-corrected chi connectivity index (χ2v) is 5.45. The number of anilines is 1. The molecule has 5 nitrogen and oxygen atoms in total. The average Bonchev–Trinajstić information content (AvgIpc) is 2.54. The molecule has 0 amide bonds. The highest BCUT2D eigenvalue weighted by Gasteiger charge is 2.22. The van der Waals surface area contributed by atoms with Gasteiger partial charge in [-0.1, -0.05) is 0 Å². The smallest absolute Gasteiger partial charge is 0.225 e. The molecule has 0 saturated carbocycles. The second-order valence-electron chi connectivity index (χ2n) is 5.45. The van der Waals surface area contributed by atoms with Crippen molar-refractivity contribution in [3.8, 4) is 5.75 Å². The van der Waals surface area contributed by atoms with Crippen molar-refractivity contribution in [2.45, 2.75) is 19.8 Å². The van der Waals surface area contributed by atoms with Crippen molar-refractivity contribution in [3.63, 3.8) is 0 Å². The zero-order valence-corrected chi connectivity index (χ0v) is 12.3. The Hall–Kier alpha value is -2.17. The number of aromatic nitrogens is 3. The van der Waals surface area contributed by atoms with Crippen molar-refractivity contribution in [2.75, 3.05) is 24.6 Å². The molecule has 1 unspecified atom stereocenters. The maximum Gasteiger partial charge on any atom is 0.225 e. The Morgan fingerprint density at radius 2 is 2.10 bits per heavy atom. The Morgan fingerprint density at radius 3 is 2.90 bits per heavy atom. The molecule has 0 aliphatic carbocycles. The van der Waals surface area contributed by atoms with Crippen LogP contribution in [0.2, 0.25) is 0 Å². The zero-order valence-electron chi connectivity index (χ0n) is 12.3. The molecule has 0 radical (unpaired) electrons. The molecule has 1 saturated heterocycles. The fourth-order valence-electron chi connectivity index (χ4n) is 2.62. The summed E-state index contributed by atoms with van der Waals surface area (Å²) in [5.74, 6) is 2.23. The zero-order chi connectivity index (χ0) is 14.5. The summed E-state index contributed by atoms with van der Waals surface area (Å²) in [6, 6.07) is 5.71. The van der Waals surface area contributed by atoms with Crippen molar-refractivity contribution in [2.24, 2.45) is 5.92 Å². The molecule has 1 fully saturated rings. The molecule has 5 heteroatoms. The summed E-state index contributed by atoms with van der Waals surface area (Å²) in [6.45, 7) is 4.70. The molecule has 2 aromatic rings. The predicted octanol–water partition coefficient (Wildman–Crippen LogP) is 2.48. The van der Waals surface area contributed by atoms with Gasteiger partial charge in [-0.15, -0.1) is 0 Å². The van der Waals surface area contributed by atoms with Crippen LogP contribution in [0.25, 0.3) is 0 Å². The van der Waals surface area contributed by atoms with Gasteiger partial charge < -0.3 is 9.64 Å². The van der Waals surface area contributed by atoms with E-state index in [0.29, 0.717) is 5.92 Å². The highest BCUT2D eigenvalue weighted by molar-refractivity contribution is 5.30. The van der Waals surface area contributed by atoms with Gasteiger partial charge in [-0.3, -0.25) is 4.98 Å². The van der Waals surface area contributed by atoms with Crippen LogP contribution >= 0.6 is 0 Å². The van der Waals surface area contributed by atoms with Crippen LogP contribution in [0.3, 0.4) is 0 Å². The molecular weight excluding hydrogens is 264 g/mol. The Bertz CT molecular complexity index is 575. The number of pyridine rings is 1. The highest BCUT2D eigenvalue weighted by Crippen LogP contribution is 2.21. The summed E-state index contributed by atoms with van der Waals surface area (Å²) in [6.07, 6.45) is 7.68. The van der Waals surface area contributed by atoms with E-state index >= 15 is 0 Å². The SMILES string of the molecule is Cc1ccnc(N2CCCC(COc3ccncc3)C2)n1. The maximum atomic E-state index is 5.85. The number of aryl methyl sites for hydroxylation is 1. The summed E-state index contributed by atoms with van der Waals surface area (Å²) < 4.78 is 5.85. The number of nitrogens with zero attached hydrogens (tertiary/aromatic N) is 4. The fraction of sp³-hybridized carbons (Fsp3) is 0.438. The lowest BCUT2D eigenvalue weighted by molar-refractivity contribution is 0.228. The summed E-state index contributed by atoms with van der Waals surface area (Å²) >= 11 is 0. The first-order valence-electron chi connectivity index (χ1n) is 7.39. The van der Waals surface area contributed by atoms with E-state index in [-0.39, 0.29) is 0 Å². The summed E-state index contributed by atoms with van der Waals surface area (Å²) in [7, 11) is 0. The molecule has 0 aromatic carbocycles. The minimum atomic E-state index is 0.510. The second kappa shape index (κ2) is 6.52. The van der Waals surface area contributed by atoms with Crippen molar-refractivity contribution in [1.82, 2.24) is 15.0 Å². The van der Waals surface area contributed by atoms with Crippen LogP contribution in [-0.4, -0.2) is 34.6 Å². The quantitative estimate of drug-likeness (QED) is 0.863. The molecule has 3 heterocycles. The van der Waals surface area contributed by atoms with Crippen molar-refractivity contribution >= 4 is 5.95 Å². The maximum absolute atomic E-state index is 5.85. The fourth-order valence-corrected chi connectivity index (χ4v) is 2.62. The van der Waals surface area contributed by atoms with Crippen LogP contribution in [0.4, 0.5) is 5.95 Å². The van der Waals surface area contributed by atoms with E-state index in [1.807, 2.05) is 31.3 Å². The van der Waals surface area contributed by atoms with E-state index in [2.05, 4.69) is 19.9 Å². The molecule has 1 atom stereocenters. The first kappa shape index (κ1) is 13.8. The summed E-state index contributed by atoms with van der Waals surface area (Å²) in [5, 5.41) is 0. The minimum absolute atomic E-state index is 0.510. The van der Waals surface area contributed by atoms with Gasteiger partial charge in [-0.2, -0.15) is 0 Å². The molecule has 2 aromatic heterocycles. The van der Waals surface area contributed by atoms with E-state index in [0.717, 1.165) is 43.5 Å². The first-order chi connectivity index (χ1) is 10.3. The van der Waals surface area contributed by atoms with E-state index in [1.54, 1.807) is 12.4 Å². The molecular formula is C16H20N4O. The van der Waals surface area contributed by atoms with Crippen molar-refractivity contribution < 1.29 is 4.74 Å². The van der Waals surface area contributed by atoms with Crippen LogP contribution in [0.1, 0.15) is 18.5 Å². The number of piperidine rings is 1. The van der Waals surface area contributed by atoms with Gasteiger partial charge in [0.15, 0.2) is 0 Å². The van der Waals surface area contributed by atoms with E-state index in [9.17, 15) is 0 Å². The number of rotatable bonds is 4. The standard InChI is InChI=1S/C16H20N4O/c1-13-4-9-18-16(19-13)20-10-2-3-14(11-20)12-21-15-5-7-17-8-6-15/h4-9,14H,2-3,10-12H2,1H3. The van der Waals surface area contributed by atoms with Gasteiger partial charge in [0.2, 0.25) is 5.95 Å². The molecule has 0 spiro atoms. The molecule has 21 heavy (non-hydrogen) atoms. The van der Waals surface area contributed by atoms with Crippen LogP contribution in [-0.2, 0) is 0 Å². The normalized spacial score (nSPS) is 18.5. The van der Waals surface area contributed by atoms with Gasteiger partial charge in [-0.05, 0) is 38.0 Å². The molecule has 0 bridgehead atoms. The third-order valence-electron chi connectivity index (χ3n) is 3.72. The van der Waals surface area contributed by atoms with E-state index < -0.39 is 0 Å². The molecule has 1 aliphatic heterocycles. The Morgan fingerprint density at radius 1 is 1.24 bits per heavy atom. The van der Waals surface area contributed by atoms with Gasteiger partial charge in [0.25, 0.3) is 0 Å². The average molecular weight is 284 g/mol. The molecule has 0 N–H and O–H groups in total. The monoisotopic (exact) mass is 284 g/mol. The summed E-state index contributed by atoms with van der Waals surface area (Å²) in [4.78, 5) is 15.2. The van der Waals surface area contributed by atoms with Gasteiger partial charge in [0, 0.05) is 43.3 Å². The third kappa shape index (κ3) is 3.68. The Kier molecular flexibility index (Phi) is 4.28. The van der Waals surface area contributed by atoms with Gasteiger partial charge in [0.05, 0.1) is 6.61 Å². The van der Waals surface area contributed by atoms with Gasteiger partial charge in [0.1, 0.15) is 5.75 Å². The van der Waals surface area contributed by atoms with Crippen LogP contribution < -0.4 is 9.64 Å². The van der Waals surface area contributed by atoms with Crippen LogP contribution in [0.15, 0.2) is 36.8 Å². The largest absolute Gasteiger partial charge is 0.493 e. The van der Waals surface area contributed by atoms with Crippen molar-refractivity contribution in [3.05, 3.63) is 42.5 Å². The first-order valence-corrected chi connectivity index (χ1v) is 7.39. The third-order valence-corrected chi connectivity index (χ3v) is 3.72. The topological polar surface area (TPSA) is 51.1 Å². The Labute approximate surface area is 125 Å². The summed E-state index contributed by atoms with van der Waals surface area (Å²) in [5.41, 5.74) is 1.01. The van der Waals surface area contributed by atoms with Gasteiger partial charge in [-0.25, -0.2) is 9.97 Å². The predicted molar refractivity (Wildman–Crippen MR) is 81.4 cm³/mol. The van der Waals surface area contributed by atoms with E-state index in [4.69, 9.17) is 4.74 Å². The van der Waals surface area contributed by atoms with Crippen molar-refractivity contribution in [1.29, 1.82) is 0 Å². The molecule has 110 valence electrons. The highest BCUT2D eigenvalue weighted by atomic mass is 16.5. The number of hydrogen-bond acceptors (Lipinski definition) is 5. The van der Waals surface area contributed by atoms with Gasteiger partial charge >= 0.3 is 0 Å². The van der Waals surface area contributed by atoms with Crippen LogP contribution in [0, 0.1) is 12.8 Å². The lowest BCUT2D eigenvalue weighted by Gasteiger charge is -2.32.